The third kappa shape index (κ3) is 4.41. The Bertz CT molecular complexity index is 1120. The van der Waals surface area contributed by atoms with E-state index >= 15 is 0 Å². The van der Waals surface area contributed by atoms with Gasteiger partial charge in [-0.15, -0.1) is 0 Å². The van der Waals surface area contributed by atoms with Crippen molar-refractivity contribution in [3.8, 4) is 0 Å². The summed E-state index contributed by atoms with van der Waals surface area (Å²) in [7, 11) is 0. The van der Waals surface area contributed by atoms with Crippen molar-refractivity contribution < 1.29 is 9.59 Å². The van der Waals surface area contributed by atoms with E-state index < -0.39 is 6.04 Å². The molecule has 5 nitrogen and oxygen atoms in total. The Morgan fingerprint density at radius 1 is 0.897 bits per heavy atom. The molecule has 144 valence electrons. The van der Waals surface area contributed by atoms with E-state index in [0.717, 1.165) is 22.0 Å². The number of ketones is 1. The maximum Gasteiger partial charge on any atom is 0.251 e. The summed E-state index contributed by atoms with van der Waals surface area (Å²) in [5.41, 5.74) is 3.33. The van der Waals surface area contributed by atoms with Crippen LogP contribution in [0.2, 0.25) is 0 Å². The van der Waals surface area contributed by atoms with Crippen molar-refractivity contribution in [1.82, 2.24) is 15.5 Å². The van der Waals surface area contributed by atoms with Crippen molar-refractivity contribution in [3.05, 3.63) is 102 Å². The maximum absolute atomic E-state index is 13.2. The second-order valence-electron chi connectivity index (χ2n) is 6.97. The van der Waals surface area contributed by atoms with E-state index in [4.69, 9.17) is 0 Å². The van der Waals surface area contributed by atoms with Gasteiger partial charge >= 0.3 is 0 Å². The molecule has 2 N–H and O–H groups in total. The Labute approximate surface area is 168 Å². The third-order valence-electron chi connectivity index (χ3n) is 4.95. The number of nitrogens with one attached hydrogen (secondary N) is 2. The van der Waals surface area contributed by atoms with E-state index in [1.165, 1.54) is 0 Å². The van der Waals surface area contributed by atoms with Crippen molar-refractivity contribution in [2.75, 3.05) is 0 Å². The Balaban J connectivity index is 1.57. The number of carbonyl (C=O) groups is 2. The summed E-state index contributed by atoms with van der Waals surface area (Å²) in [5, 5.41) is 10.8. The van der Waals surface area contributed by atoms with E-state index in [2.05, 4.69) is 15.5 Å². The van der Waals surface area contributed by atoms with Gasteiger partial charge in [-0.05, 0) is 35.7 Å². The molecular weight excluding hydrogens is 362 g/mol. The van der Waals surface area contributed by atoms with E-state index in [-0.39, 0.29) is 18.1 Å². The average Bonchev–Trinajstić information content (AvgIpc) is 3.24. The highest BCUT2D eigenvalue weighted by Gasteiger charge is 2.22. The topological polar surface area (TPSA) is 74.8 Å². The molecule has 0 fully saturated rings. The zero-order valence-corrected chi connectivity index (χ0v) is 15.8. The standard InChI is InChI=1S/C24H21N3O2/c28-23(15-19-12-7-13-21-20(19)16-25-27-21)22(14-17-8-3-1-4-9-17)26-24(29)18-10-5-2-6-11-18/h1-13,16,22H,14-15H2,(H,25,27)(H,26,29). The Hall–Kier alpha value is -3.73. The lowest BCUT2D eigenvalue weighted by molar-refractivity contribution is -0.120. The molecule has 0 aliphatic rings. The first-order valence-corrected chi connectivity index (χ1v) is 9.54. The van der Waals surface area contributed by atoms with Gasteiger partial charge in [-0.1, -0.05) is 60.7 Å². The smallest absolute Gasteiger partial charge is 0.251 e. The van der Waals surface area contributed by atoms with Crippen LogP contribution in [0.25, 0.3) is 10.9 Å². The van der Waals surface area contributed by atoms with Gasteiger partial charge in [0.05, 0.1) is 17.8 Å². The number of H-pyrrole nitrogens is 1. The molecule has 4 aromatic rings. The predicted molar refractivity (Wildman–Crippen MR) is 113 cm³/mol. The molecule has 1 unspecified atom stereocenters. The van der Waals surface area contributed by atoms with Gasteiger partial charge in [-0.3, -0.25) is 14.7 Å². The van der Waals surface area contributed by atoms with Crippen molar-refractivity contribution in [3.63, 3.8) is 0 Å². The SMILES string of the molecule is O=C(NC(Cc1ccccc1)C(=O)Cc1cccc2[nH]ncc12)c1ccccc1. The van der Waals surface area contributed by atoms with Gasteiger partial charge < -0.3 is 5.32 Å². The molecule has 0 bridgehead atoms. The molecule has 1 heterocycles. The van der Waals surface area contributed by atoms with Crippen molar-refractivity contribution in [1.29, 1.82) is 0 Å². The van der Waals surface area contributed by atoms with E-state index in [1.54, 1.807) is 18.3 Å². The number of carbonyl (C=O) groups excluding carboxylic acids is 2. The molecule has 29 heavy (non-hydrogen) atoms. The number of hydrogen-bond acceptors (Lipinski definition) is 3. The number of benzene rings is 3. The van der Waals surface area contributed by atoms with Crippen LogP contribution >= 0.6 is 0 Å². The molecule has 0 radical (unpaired) electrons. The quantitative estimate of drug-likeness (QED) is 0.511. The third-order valence-corrected chi connectivity index (χ3v) is 4.95. The minimum atomic E-state index is -0.618. The molecule has 0 saturated heterocycles. The average molecular weight is 383 g/mol. The highest BCUT2D eigenvalue weighted by molar-refractivity contribution is 5.99. The van der Waals surface area contributed by atoms with Crippen molar-refractivity contribution >= 4 is 22.6 Å². The zero-order valence-electron chi connectivity index (χ0n) is 15.8. The van der Waals surface area contributed by atoms with Gasteiger partial charge in [0.2, 0.25) is 0 Å². The molecule has 0 saturated carbocycles. The van der Waals surface area contributed by atoms with Crippen LogP contribution in [0.3, 0.4) is 0 Å². The van der Waals surface area contributed by atoms with E-state index in [1.807, 2.05) is 66.7 Å². The fourth-order valence-corrected chi connectivity index (χ4v) is 3.42. The summed E-state index contributed by atoms with van der Waals surface area (Å²) in [6.45, 7) is 0. The van der Waals surface area contributed by atoms with Gasteiger partial charge in [0, 0.05) is 17.4 Å². The molecule has 1 amide bonds. The number of amides is 1. The zero-order chi connectivity index (χ0) is 20.1. The molecule has 5 heteroatoms. The molecule has 0 spiro atoms. The second kappa shape index (κ2) is 8.52. The minimum Gasteiger partial charge on any atom is -0.342 e. The lowest BCUT2D eigenvalue weighted by atomic mass is 9.96. The first kappa shape index (κ1) is 18.6. The van der Waals surface area contributed by atoms with Crippen LogP contribution in [0.15, 0.2) is 85.1 Å². The van der Waals surface area contributed by atoms with Crippen molar-refractivity contribution in [2.45, 2.75) is 18.9 Å². The van der Waals surface area contributed by atoms with Crippen LogP contribution < -0.4 is 5.32 Å². The summed E-state index contributed by atoms with van der Waals surface area (Å²) < 4.78 is 0. The van der Waals surface area contributed by atoms with Crippen molar-refractivity contribution in [2.24, 2.45) is 0 Å². The molecule has 1 atom stereocenters. The fourth-order valence-electron chi connectivity index (χ4n) is 3.42. The first-order chi connectivity index (χ1) is 14.2. The van der Waals surface area contributed by atoms with E-state index in [9.17, 15) is 9.59 Å². The maximum atomic E-state index is 13.2. The monoisotopic (exact) mass is 383 g/mol. The van der Waals surface area contributed by atoms with Crippen LogP contribution in [0.1, 0.15) is 21.5 Å². The highest BCUT2D eigenvalue weighted by Crippen LogP contribution is 2.18. The normalized spacial score (nSPS) is 11.9. The second-order valence-corrected chi connectivity index (χ2v) is 6.97. The largest absolute Gasteiger partial charge is 0.342 e. The van der Waals surface area contributed by atoms with E-state index in [0.29, 0.717) is 12.0 Å². The van der Waals surface area contributed by atoms with Gasteiger partial charge in [-0.25, -0.2) is 0 Å². The number of rotatable bonds is 7. The minimum absolute atomic E-state index is 0.0353. The van der Waals surface area contributed by atoms with Gasteiger partial charge in [0.1, 0.15) is 0 Å². The summed E-state index contributed by atoms with van der Waals surface area (Å²) >= 11 is 0. The summed E-state index contributed by atoms with van der Waals surface area (Å²) in [6.07, 6.45) is 2.40. The lowest BCUT2D eigenvalue weighted by Gasteiger charge is -2.18. The van der Waals surface area contributed by atoms with Crippen LogP contribution in [0.5, 0.6) is 0 Å². The number of fused-ring (bicyclic) bond motifs is 1. The summed E-state index contributed by atoms with van der Waals surface area (Å²) in [6, 6.07) is 23.8. The number of nitrogens with zero attached hydrogens (tertiary/aromatic N) is 1. The molecule has 0 aliphatic carbocycles. The Kier molecular flexibility index (Phi) is 5.47. The Morgan fingerprint density at radius 2 is 1.62 bits per heavy atom. The fraction of sp³-hybridized carbons (Fsp3) is 0.125. The number of hydrogen-bond donors (Lipinski definition) is 2. The van der Waals surface area contributed by atoms with Gasteiger partial charge in [-0.2, -0.15) is 5.10 Å². The molecule has 0 aliphatic heterocycles. The molecule has 1 aromatic heterocycles. The lowest BCUT2D eigenvalue weighted by Crippen LogP contribution is -2.43. The van der Waals surface area contributed by atoms with Crippen LogP contribution in [-0.4, -0.2) is 27.9 Å². The van der Waals surface area contributed by atoms with Crippen LogP contribution in [0.4, 0.5) is 0 Å². The van der Waals surface area contributed by atoms with Crippen LogP contribution in [-0.2, 0) is 17.6 Å². The summed E-state index contributed by atoms with van der Waals surface area (Å²) in [5.74, 6) is -0.284. The first-order valence-electron chi connectivity index (χ1n) is 9.54. The Morgan fingerprint density at radius 3 is 2.38 bits per heavy atom. The predicted octanol–water partition coefficient (Wildman–Crippen LogP) is 3.72. The number of aromatic nitrogens is 2. The number of aromatic amines is 1. The summed E-state index contributed by atoms with van der Waals surface area (Å²) in [4.78, 5) is 25.9. The number of Topliss-reactive ketones (excluding diaryl/α,β-unsaturated/α-hetero) is 1. The van der Waals surface area contributed by atoms with Crippen LogP contribution in [0, 0.1) is 0 Å². The van der Waals surface area contributed by atoms with Gasteiger partial charge in [0.25, 0.3) is 5.91 Å². The highest BCUT2D eigenvalue weighted by atomic mass is 16.2. The molecule has 4 rings (SSSR count). The molecular formula is C24H21N3O2. The molecule has 3 aromatic carbocycles. The van der Waals surface area contributed by atoms with Gasteiger partial charge in [0.15, 0.2) is 5.78 Å².